The fourth-order valence-corrected chi connectivity index (χ4v) is 2.66. The number of aromatic nitrogens is 2. The van der Waals surface area contributed by atoms with Gasteiger partial charge in [-0.3, -0.25) is 4.68 Å². The molecule has 114 valence electrons. The summed E-state index contributed by atoms with van der Waals surface area (Å²) in [5.41, 5.74) is 8.54. The molecule has 21 heavy (non-hydrogen) atoms. The van der Waals surface area contributed by atoms with Crippen LogP contribution in [0, 0.1) is 12.7 Å². The van der Waals surface area contributed by atoms with E-state index in [0.29, 0.717) is 5.56 Å². The first-order valence-electron chi connectivity index (χ1n) is 6.77. The lowest BCUT2D eigenvalue weighted by Crippen LogP contribution is -2.23. The van der Waals surface area contributed by atoms with E-state index in [2.05, 4.69) is 25.9 Å². The maximum atomic E-state index is 13.7. The van der Waals surface area contributed by atoms with Gasteiger partial charge in [0.2, 0.25) is 0 Å². The Morgan fingerprint density at radius 3 is 2.76 bits per heavy atom. The number of rotatable bonds is 5. The van der Waals surface area contributed by atoms with E-state index in [9.17, 15) is 4.39 Å². The van der Waals surface area contributed by atoms with Gasteiger partial charge in [-0.05, 0) is 54.1 Å². The van der Waals surface area contributed by atoms with Crippen LogP contribution in [0.5, 0.6) is 0 Å². The largest absolute Gasteiger partial charge is 0.319 e. The zero-order valence-corrected chi connectivity index (χ0v) is 14.1. The van der Waals surface area contributed by atoms with Gasteiger partial charge in [0, 0.05) is 6.54 Å². The summed E-state index contributed by atoms with van der Waals surface area (Å²) in [4.78, 5) is 2.08. The number of hydrogen-bond donors (Lipinski definition) is 1. The van der Waals surface area contributed by atoms with Crippen LogP contribution in [0.1, 0.15) is 22.9 Å². The van der Waals surface area contributed by atoms with Gasteiger partial charge in [0.1, 0.15) is 5.82 Å². The predicted molar refractivity (Wildman–Crippen MR) is 85.6 cm³/mol. The van der Waals surface area contributed by atoms with Gasteiger partial charge in [0.15, 0.2) is 0 Å². The van der Waals surface area contributed by atoms with Crippen LogP contribution in [0.25, 0.3) is 0 Å². The molecule has 1 aromatic heterocycles. The molecule has 1 heterocycles. The Hall–Kier alpha value is -1.24. The van der Waals surface area contributed by atoms with E-state index in [1.54, 1.807) is 19.2 Å². The van der Waals surface area contributed by atoms with Gasteiger partial charge in [-0.25, -0.2) is 4.39 Å². The van der Waals surface area contributed by atoms with Crippen molar-refractivity contribution in [3.05, 3.63) is 51.5 Å². The summed E-state index contributed by atoms with van der Waals surface area (Å²) in [6, 6.07) is 4.69. The fraction of sp³-hybridized carbons (Fsp3) is 0.400. The number of benzene rings is 1. The van der Waals surface area contributed by atoms with Crippen LogP contribution in [-0.4, -0.2) is 35.3 Å². The van der Waals surface area contributed by atoms with E-state index >= 15 is 0 Å². The molecule has 2 aromatic rings. The lowest BCUT2D eigenvalue weighted by molar-refractivity contribution is 0.368. The Labute approximate surface area is 132 Å². The van der Waals surface area contributed by atoms with E-state index in [4.69, 9.17) is 5.73 Å². The molecular formula is C15H20BrFN4. The highest BCUT2D eigenvalue weighted by Crippen LogP contribution is 2.27. The van der Waals surface area contributed by atoms with E-state index in [1.165, 1.54) is 6.07 Å². The number of likely N-dealkylation sites (N-methyl/N-ethyl adjacent to an activating group) is 1. The van der Waals surface area contributed by atoms with Crippen LogP contribution in [0.3, 0.4) is 0 Å². The second-order valence-corrected chi connectivity index (χ2v) is 6.24. The highest BCUT2D eigenvalue weighted by molar-refractivity contribution is 9.10. The highest BCUT2D eigenvalue weighted by Gasteiger charge is 2.19. The molecule has 0 spiro atoms. The lowest BCUT2D eigenvalue weighted by atomic mass is 10.0. The van der Waals surface area contributed by atoms with E-state index < -0.39 is 6.04 Å². The average Bonchev–Trinajstić information content (AvgIpc) is 2.80. The number of aryl methyl sites for hydroxylation is 1. The molecule has 0 saturated heterocycles. The van der Waals surface area contributed by atoms with Gasteiger partial charge in [0.25, 0.3) is 0 Å². The first-order valence-corrected chi connectivity index (χ1v) is 7.57. The molecule has 2 N–H and O–H groups in total. The van der Waals surface area contributed by atoms with E-state index in [0.717, 1.165) is 28.8 Å². The molecule has 0 saturated carbocycles. The number of halogens is 2. The highest BCUT2D eigenvalue weighted by atomic mass is 79.9. The molecule has 2 rings (SSSR count). The molecule has 4 nitrogen and oxygen atoms in total. The number of hydrogen-bond acceptors (Lipinski definition) is 3. The van der Waals surface area contributed by atoms with Crippen LogP contribution < -0.4 is 5.73 Å². The summed E-state index contributed by atoms with van der Waals surface area (Å²) in [6.45, 7) is 3.33. The molecular weight excluding hydrogens is 335 g/mol. The van der Waals surface area contributed by atoms with Gasteiger partial charge in [-0.1, -0.05) is 12.1 Å². The van der Waals surface area contributed by atoms with E-state index in [1.807, 2.05) is 24.8 Å². The minimum atomic E-state index is -0.417. The summed E-state index contributed by atoms with van der Waals surface area (Å²) in [5.74, 6) is -0.238. The van der Waals surface area contributed by atoms with Crippen LogP contribution in [-0.2, 0) is 6.54 Å². The van der Waals surface area contributed by atoms with Crippen molar-refractivity contribution in [2.75, 3.05) is 20.6 Å². The third-order valence-electron chi connectivity index (χ3n) is 3.44. The summed E-state index contributed by atoms with van der Waals surface area (Å²) in [5, 5.41) is 4.34. The molecule has 1 unspecified atom stereocenters. The van der Waals surface area contributed by atoms with Gasteiger partial charge in [-0.15, -0.1) is 0 Å². The topological polar surface area (TPSA) is 47.1 Å². The smallest absolute Gasteiger partial charge is 0.126 e. The van der Waals surface area contributed by atoms with Crippen molar-refractivity contribution in [3.63, 3.8) is 0 Å². The maximum absolute atomic E-state index is 13.7. The molecule has 1 atom stereocenters. The van der Waals surface area contributed by atoms with Crippen LogP contribution in [0.4, 0.5) is 4.39 Å². The Morgan fingerprint density at radius 1 is 1.43 bits per heavy atom. The van der Waals surface area contributed by atoms with Crippen molar-refractivity contribution in [1.82, 2.24) is 14.7 Å². The Kier molecular flexibility index (Phi) is 5.13. The minimum absolute atomic E-state index is 0.238. The number of nitrogens with two attached hydrogens (primary N) is 1. The molecule has 0 aliphatic heterocycles. The SMILES string of the molecule is Cc1ccc(C(N)c2c(Br)cnn2CCN(C)C)cc1F. The second-order valence-electron chi connectivity index (χ2n) is 5.39. The molecule has 6 heteroatoms. The summed E-state index contributed by atoms with van der Waals surface area (Å²) < 4.78 is 16.4. The Morgan fingerprint density at radius 2 is 2.14 bits per heavy atom. The first-order chi connectivity index (χ1) is 9.90. The van der Waals surface area contributed by atoms with E-state index in [-0.39, 0.29) is 5.82 Å². The first kappa shape index (κ1) is 16.1. The van der Waals surface area contributed by atoms with Crippen molar-refractivity contribution in [3.8, 4) is 0 Å². The maximum Gasteiger partial charge on any atom is 0.126 e. The van der Waals surface area contributed by atoms with Crippen molar-refractivity contribution < 1.29 is 4.39 Å². The quantitative estimate of drug-likeness (QED) is 0.897. The zero-order chi connectivity index (χ0) is 15.6. The van der Waals surface area contributed by atoms with Crippen molar-refractivity contribution in [2.45, 2.75) is 19.5 Å². The molecule has 1 aromatic carbocycles. The third-order valence-corrected chi connectivity index (χ3v) is 4.05. The normalized spacial score (nSPS) is 12.9. The van der Waals surface area contributed by atoms with Gasteiger partial charge < -0.3 is 10.6 Å². The summed E-state index contributed by atoms with van der Waals surface area (Å²) in [6.07, 6.45) is 1.73. The van der Waals surface area contributed by atoms with Crippen LogP contribution in [0.15, 0.2) is 28.9 Å². The van der Waals surface area contributed by atoms with Crippen molar-refractivity contribution in [1.29, 1.82) is 0 Å². The number of nitrogens with zero attached hydrogens (tertiary/aromatic N) is 3. The van der Waals surface area contributed by atoms with Gasteiger partial charge in [-0.2, -0.15) is 5.10 Å². The van der Waals surface area contributed by atoms with Crippen LogP contribution >= 0.6 is 15.9 Å². The molecule has 0 aliphatic carbocycles. The standard InChI is InChI=1S/C15H20BrFN4/c1-10-4-5-11(8-13(10)17)14(18)15-12(16)9-19-21(15)7-6-20(2)3/h4-5,8-9,14H,6-7,18H2,1-3H3. The van der Waals surface area contributed by atoms with Crippen molar-refractivity contribution in [2.24, 2.45) is 5.73 Å². The van der Waals surface area contributed by atoms with Gasteiger partial charge >= 0.3 is 0 Å². The Bertz CT molecular complexity index is 624. The average molecular weight is 355 g/mol. The molecule has 0 fully saturated rings. The fourth-order valence-electron chi connectivity index (χ4n) is 2.11. The van der Waals surface area contributed by atoms with Crippen molar-refractivity contribution >= 4 is 15.9 Å². The molecule has 0 bridgehead atoms. The lowest BCUT2D eigenvalue weighted by Gasteiger charge is -2.17. The van der Waals surface area contributed by atoms with Gasteiger partial charge in [0.05, 0.1) is 29.0 Å². The molecule has 0 radical (unpaired) electrons. The zero-order valence-electron chi connectivity index (χ0n) is 12.5. The molecule has 0 amide bonds. The van der Waals surface area contributed by atoms with Crippen LogP contribution in [0.2, 0.25) is 0 Å². The second kappa shape index (κ2) is 6.68. The Balaban J connectivity index is 2.31. The molecule has 0 aliphatic rings. The monoisotopic (exact) mass is 354 g/mol. The third kappa shape index (κ3) is 3.70. The summed E-state index contributed by atoms with van der Waals surface area (Å²) in [7, 11) is 4.01. The predicted octanol–water partition coefficient (Wildman–Crippen LogP) is 2.70. The summed E-state index contributed by atoms with van der Waals surface area (Å²) >= 11 is 3.48. The minimum Gasteiger partial charge on any atom is -0.319 e.